The molecule has 1 aliphatic rings. The van der Waals surface area contributed by atoms with E-state index in [9.17, 15) is 5.11 Å². The Bertz CT molecular complexity index is 380. The highest BCUT2D eigenvalue weighted by Crippen LogP contribution is 2.30. The molecule has 0 aromatic heterocycles. The highest BCUT2D eigenvalue weighted by Gasteiger charge is 2.28. The van der Waals surface area contributed by atoms with Gasteiger partial charge in [-0.1, -0.05) is 34.5 Å². The first-order valence-corrected chi connectivity index (χ1v) is 7.87. The zero-order valence-corrected chi connectivity index (χ0v) is 12.8. The van der Waals surface area contributed by atoms with Crippen LogP contribution in [0.2, 0.25) is 0 Å². The summed E-state index contributed by atoms with van der Waals surface area (Å²) in [6.07, 6.45) is 4.52. The van der Waals surface area contributed by atoms with Gasteiger partial charge in [-0.2, -0.15) is 0 Å². The molecule has 1 aliphatic heterocycles. The van der Waals surface area contributed by atoms with E-state index in [0.717, 1.165) is 17.4 Å². The Balaban J connectivity index is 2.16. The molecule has 2 rings (SSSR count). The van der Waals surface area contributed by atoms with Gasteiger partial charge in [0.2, 0.25) is 0 Å². The van der Waals surface area contributed by atoms with Gasteiger partial charge in [-0.15, -0.1) is 0 Å². The van der Waals surface area contributed by atoms with Crippen molar-refractivity contribution in [3.05, 3.63) is 34.3 Å². The lowest BCUT2D eigenvalue weighted by atomic mass is 9.94. The Morgan fingerprint density at radius 1 is 1.32 bits per heavy atom. The van der Waals surface area contributed by atoms with Crippen LogP contribution in [-0.4, -0.2) is 35.7 Å². The van der Waals surface area contributed by atoms with Gasteiger partial charge in [-0.05, 0) is 43.5 Å². The first-order chi connectivity index (χ1) is 9.26. The molecule has 0 amide bonds. The fourth-order valence-electron chi connectivity index (χ4n) is 3.04. The molecular weight excluding hydrogens is 304 g/mol. The molecule has 0 radical (unpaired) electrons. The average molecular weight is 327 g/mol. The van der Waals surface area contributed by atoms with Crippen LogP contribution in [0.5, 0.6) is 0 Å². The number of piperidine rings is 1. The normalized spacial score (nSPS) is 22.4. The largest absolute Gasteiger partial charge is 0.396 e. The first kappa shape index (κ1) is 15.0. The summed E-state index contributed by atoms with van der Waals surface area (Å²) < 4.78 is 1.09. The van der Waals surface area contributed by atoms with Crippen LogP contribution in [-0.2, 0) is 0 Å². The van der Waals surface area contributed by atoms with Gasteiger partial charge < -0.3 is 10.8 Å². The van der Waals surface area contributed by atoms with Gasteiger partial charge in [-0.3, -0.25) is 4.90 Å². The van der Waals surface area contributed by atoms with Gasteiger partial charge in [0.25, 0.3) is 0 Å². The first-order valence-electron chi connectivity index (χ1n) is 7.08. The van der Waals surface area contributed by atoms with Crippen molar-refractivity contribution in [3.8, 4) is 0 Å². The summed E-state index contributed by atoms with van der Waals surface area (Å²) in [5.41, 5.74) is 7.29. The fourth-order valence-corrected chi connectivity index (χ4v) is 3.30. The number of benzene rings is 1. The summed E-state index contributed by atoms with van der Waals surface area (Å²) in [7, 11) is 0. The molecule has 19 heavy (non-hydrogen) atoms. The van der Waals surface area contributed by atoms with Crippen LogP contribution in [0.25, 0.3) is 0 Å². The molecule has 1 heterocycles. The molecule has 0 aliphatic carbocycles. The molecule has 1 aromatic carbocycles. The molecule has 3 N–H and O–H groups in total. The van der Waals surface area contributed by atoms with Gasteiger partial charge in [0.05, 0.1) is 0 Å². The van der Waals surface area contributed by atoms with Gasteiger partial charge in [-0.25, -0.2) is 0 Å². The molecule has 106 valence electrons. The third kappa shape index (κ3) is 3.78. The predicted octanol–water partition coefficient (Wildman–Crippen LogP) is 2.69. The Kier molecular flexibility index (Phi) is 5.82. The number of rotatable bonds is 5. The zero-order valence-electron chi connectivity index (χ0n) is 11.3. The Hall–Kier alpha value is -0.420. The van der Waals surface area contributed by atoms with Crippen molar-refractivity contribution >= 4 is 15.9 Å². The molecular formula is C15H23BrN2O. The van der Waals surface area contributed by atoms with E-state index < -0.39 is 0 Å². The van der Waals surface area contributed by atoms with Crippen molar-refractivity contribution in [1.29, 1.82) is 0 Å². The SMILES string of the molecule is NCC(c1ccc(Br)cc1)N1CCCCC1CCO. The molecule has 3 nitrogen and oxygen atoms in total. The Morgan fingerprint density at radius 3 is 2.68 bits per heavy atom. The number of nitrogens with two attached hydrogens (primary N) is 1. The van der Waals surface area contributed by atoms with E-state index >= 15 is 0 Å². The molecule has 2 atom stereocenters. The average Bonchev–Trinajstić information content (AvgIpc) is 2.44. The lowest BCUT2D eigenvalue weighted by Gasteiger charge is -2.41. The second kappa shape index (κ2) is 7.39. The zero-order chi connectivity index (χ0) is 13.7. The summed E-state index contributed by atoms with van der Waals surface area (Å²) in [5.74, 6) is 0. The third-order valence-corrected chi connectivity index (χ3v) is 4.54. The highest BCUT2D eigenvalue weighted by atomic mass is 79.9. The van der Waals surface area contributed by atoms with Crippen LogP contribution in [0.1, 0.15) is 37.3 Å². The van der Waals surface area contributed by atoms with Crippen LogP contribution in [0, 0.1) is 0 Å². The van der Waals surface area contributed by atoms with Gasteiger partial charge in [0, 0.05) is 29.7 Å². The minimum absolute atomic E-state index is 0.263. The van der Waals surface area contributed by atoms with E-state index in [2.05, 4.69) is 45.1 Å². The summed E-state index contributed by atoms with van der Waals surface area (Å²) in [6.45, 7) is 1.98. The van der Waals surface area contributed by atoms with E-state index in [1.807, 2.05) is 0 Å². The number of aliphatic hydroxyl groups excluding tert-OH is 1. The van der Waals surface area contributed by atoms with Crippen LogP contribution >= 0.6 is 15.9 Å². The minimum atomic E-state index is 0.263. The van der Waals surface area contributed by atoms with Crippen molar-refractivity contribution < 1.29 is 5.11 Å². The molecule has 1 saturated heterocycles. The number of halogens is 1. The Morgan fingerprint density at radius 2 is 2.05 bits per heavy atom. The number of nitrogens with zero attached hydrogens (tertiary/aromatic N) is 1. The van der Waals surface area contributed by atoms with Crippen molar-refractivity contribution in [2.75, 3.05) is 19.7 Å². The smallest absolute Gasteiger partial charge is 0.0473 e. The lowest BCUT2D eigenvalue weighted by molar-refractivity contribution is 0.0782. The van der Waals surface area contributed by atoms with E-state index in [1.54, 1.807) is 0 Å². The third-order valence-electron chi connectivity index (χ3n) is 4.01. The number of likely N-dealkylation sites (tertiary alicyclic amines) is 1. The van der Waals surface area contributed by atoms with Gasteiger partial charge in [0.15, 0.2) is 0 Å². The maximum atomic E-state index is 9.23. The number of hydrogen-bond acceptors (Lipinski definition) is 3. The predicted molar refractivity (Wildman–Crippen MR) is 82.0 cm³/mol. The lowest BCUT2D eigenvalue weighted by Crippen LogP contribution is -2.44. The molecule has 4 heteroatoms. The van der Waals surface area contributed by atoms with Crippen molar-refractivity contribution in [1.82, 2.24) is 4.90 Å². The standard InChI is InChI=1S/C15H23BrN2O/c16-13-6-4-12(5-7-13)15(11-17)18-9-2-1-3-14(18)8-10-19/h4-7,14-15,19H,1-3,8-11,17H2. The summed E-state index contributed by atoms with van der Waals surface area (Å²) in [5, 5.41) is 9.23. The summed E-state index contributed by atoms with van der Waals surface area (Å²) in [4.78, 5) is 2.49. The van der Waals surface area contributed by atoms with Crippen molar-refractivity contribution in [3.63, 3.8) is 0 Å². The molecule has 1 fully saturated rings. The van der Waals surface area contributed by atoms with Gasteiger partial charge >= 0.3 is 0 Å². The van der Waals surface area contributed by atoms with E-state index in [-0.39, 0.29) is 12.6 Å². The fraction of sp³-hybridized carbons (Fsp3) is 0.600. The molecule has 0 saturated carbocycles. The molecule has 2 unspecified atom stereocenters. The molecule has 1 aromatic rings. The summed E-state index contributed by atoms with van der Waals surface area (Å²) >= 11 is 3.47. The van der Waals surface area contributed by atoms with Gasteiger partial charge in [0.1, 0.15) is 0 Å². The van der Waals surface area contributed by atoms with Crippen molar-refractivity contribution in [2.24, 2.45) is 5.73 Å². The van der Waals surface area contributed by atoms with E-state index in [1.165, 1.54) is 24.8 Å². The Labute approximate surface area is 123 Å². The quantitative estimate of drug-likeness (QED) is 0.874. The minimum Gasteiger partial charge on any atom is -0.396 e. The summed E-state index contributed by atoms with van der Waals surface area (Å²) in [6, 6.07) is 9.17. The maximum absolute atomic E-state index is 9.23. The van der Waals surface area contributed by atoms with Crippen LogP contribution < -0.4 is 5.73 Å². The molecule has 0 spiro atoms. The van der Waals surface area contributed by atoms with Crippen LogP contribution in [0.3, 0.4) is 0 Å². The van der Waals surface area contributed by atoms with Crippen LogP contribution in [0.4, 0.5) is 0 Å². The van der Waals surface area contributed by atoms with E-state index in [0.29, 0.717) is 12.6 Å². The maximum Gasteiger partial charge on any atom is 0.0473 e. The second-order valence-corrected chi connectivity index (χ2v) is 6.12. The number of aliphatic hydroxyl groups is 1. The number of hydrogen-bond donors (Lipinski definition) is 2. The topological polar surface area (TPSA) is 49.5 Å². The van der Waals surface area contributed by atoms with E-state index in [4.69, 9.17) is 5.73 Å². The second-order valence-electron chi connectivity index (χ2n) is 5.20. The highest BCUT2D eigenvalue weighted by molar-refractivity contribution is 9.10. The molecule has 0 bridgehead atoms. The van der Waals surface area contributed by atoms with Crippen molar-refractivity contribution in [2.45, 2.75) is 37.8 Å². The monoisotopic (exact) mass is 326 g/mol. The van der Waals surface area contributed by atoms with Crippen LogP contribution in [0.15, 0.2) is 28.7 Å².